The highest BCUT2D eigenvalue weighted by molar-refractivity contribution is 7.21. The van der Waals surface area contributed by atoms with E-state index in [1.165, 1.54) is 0 Å². The van der Waals surface area contributed by atoms with Crippen molar-refractivity contribution in [3.8, 4) is 22.1 Å². The third kappa shape index (κ3) is 4.07. The van der Waals surface area contributed by atoms with Crippen molar-refractivity contribution in [2.45, 2.75) is 6.42 Å². The molecule has 4 rings (SSSR count). The molecule has 0 saturated heterocycles. The number of rotatable bonds is 6. The van der Waals surface area contributed by atoms with Crippen LogP contribution in [0.5, 0.6) is 11.5 Å². The molecule has 1 aromatic heterocycles. The van der Waals surface area contributed by atoms with E-state index in [1.54, 1.807) is 31.6 Å². The van der Waals surface area contributed by atoms with E-state index < -0.39 is 0 Å². The Morgan fingerprint density at radius 3 is 2.59 bits per heavy atom. The number of nitrogens with zero attached hydrogens (tertiary/aromatic N) is 1. The lowest BCUT2D eigenvalue weighted by molar-refractivity contribution is -0.115. The number of ether oxygens (including phenoxy) is 2. The molecule has 0 aliphatic heterocycles. The fourth-order valence-corrected chi connectivity index (χ4v) is 4.16. The van der Waals surface area contributed by atoms with Gasteiger partial charge in [0.25, 0.3) is 0 Å². The Morgan fingerprint density at radius 1 is 1.00 bits per heavy atom. The van der Waals surface area contributed by atoms with Crippen LogP contribution in [0.15, 0.2) is 66.7 Å². The highest BCUT2D eigenvalue weighted by Gasteiger charge is 2.14. The number of benzene rings is 3. The van der Waals surface area contributed by atoms with Crippen molar-refractivity contribution in [3.63, 3.8) is 0 Å². The van der Waals surface area contributed by atoms with Gasteiger partial charge in [-0.05, 0) is 42.5 Å². The number of hydrogen-bond acceptors (Lipinski definition) is 5. The lowest BCUT2D eigenvalue weighted by Gasteiger charge is -2.12. The van der Waals surface area contributed by atoms with Crippen LogP contribution >= 0.6 is 11.3 Å². The van der Waals surface area contributed by atoms with Crippen LogP contribution in [-0.2, 0) is 11.2 Å². The summed E-state index contributed by atoms with van der Waals surface area (Å²) in [5.41, 5.74) is 3.36. The number of thiazole rings is 1. The minimum Gasteiger partial charge on any atom is -0.497 e. The third-order valence-electron chi connectivity index (χ3n) is 4.56. The molecule has 6 heteroatoms. The Labute approximate surface area is 172 Å². The van der Waals surface area contributed by atoms with Crippen molar-refractivity contribution in [1.29, 1.82) is 0 Å². The Hall–Kier alpha value is -3.38. The number of aromatic nitrogens is 1. The van der Waals surface area contributed by atoms with Crippen LogP contribution in [0.25, 0.3) is 20.8 Å². The summed E-state index contributed by atoms with van der Waals surface area (Å²) < 4.78 is 11.8. The zero-order valence-corrected chi connectivity index (χ0v) is 17.0. The van der Waals surface area contributed by atoms with Crippen LogP contribution in [0.1, 0.15) is 5.56 Å². The van der Waals surface area contributed by atoms with E-state index >= 15 is 0 Å². The van der Waals surface area contributed by atoms with Gasteiger partial charge in [-0.25, -0.2) is 4.98 Å². The maximum atomic E-state index is 12.8. The van der Waals surface area contributed by atoms with E-state index in [2.05, 4.69) is 5.32 Å². The Kier molecular flexibility index (Phi) is 5.44. The number of para-hydroxylation sites is 2. The normalized spacial score (nSPS) is 10.7. The molecule has 0 unspecified atom stereocenters. The molecular weight excluding hydrogens is 384 g/mol. The number of anilines is 1. The van der Waals surface area contributed by atoms with Crippen LogP contribution in [0.3, 0.4) is 0 Å². The van der Waals surface area contributed by atoms with Gasteiger partial charge in [-0.1, -0.05) is 24.3 Å². The van der Waals surface area contributed by atoms with Gasteiger partial charge in [0.05, 0.1) is 36.5 Å². The first-order valence-electron chi connectivity index (χ1n) is 9.13. The molecule has 0 radical (unpaired) electrons. The van der Waals surface area contributed by atoms with Crippen LogP contribution < -0.4 is 14.8 Å². The Bertz CT molecular complexity index is 1140. The molecular formula is C23H20N2O3S. The van der Waals surface area contributed by atoms with Crippen molar-refractivity contribution in [2.75, 3.05) is 19.5 Å². The highest BCUT2D eigenvalue weighted by Crippen LogP contribution is 2.34. The maximum Gasteiger partial charge on any atom is 0.228 e. The third-order valence-corrected chi connectivity index (χ3v) is 5.63. The second-order valence-corrected chi connectivity index (χ2v) is 7.47. The van der Waals surface area contributed by atoms with Gasteiger partial charge in [0, 0.05) is 11.1 Å². The molecule has 29 heavy (non-hydrogen) atoms. The summed E-state index contributed by atoms with van der Waals surface area (Å²) in [7, 11) is 3.19. The minimum absolute atomic E-state index is 0.134. The summed E-state index contributed by atoms with van der Waals surface area (Å²) in [5.74, 6) is 1.20. The van der Waals surface area contributed by atoms with Crippen LogP contribution in [-0.4, -0.2) is 25.1 Å². The SMILES string of the molecule is COc1ccc(OC)c(CC(=O)Nc2ccccc2-c2nc3ccccc3s2)c1. The van der Waals surface area contributed by atoms with Crippen LogP contribution in [0, 0.1) is 0 Å². The van der Waals surface area contributed by atoms with Gasteiger partial charge in [0.15, 0.2) is 0 Å². The fourth-order valence-electron chi connectivity index (χ4n) is 3.15. The molecule has 1 amide bonds. The zero-order chi connectivity index (χ0) is 20.2. The maximum absolute atomic E-state index is 12.8. The Morgan fingerprint density at radius 2 is 1.79 bits per heavy atom. The van der Waals surface area contributed by atoms with Gasteiger partial charge in [-0.3, -0.25) is 4.79 Å². The molecule has 0 bridgehead atoms. The molecule has 3 aromatic carbocycles. The summed E-state index contributed by atoms with van der Waals surface area (Å²) in [6.07, 6.45) is 0.175. The number of carbonyl (C=O) groups excluding carboxylic acids is 1. The molecule has 4 aromatic rings. The number of carbonyl (C=O) groups is 1. The second kappa shape index (κ2) is 8.32. The van der Waals surface area contributed by atoms with Gasteiger partial charge in [-0.15, -0.1) is 11.3 Å². The fraction of sp³-hybridized carbons (Fsp3) is 0.130. The second-order valence-electron chi connectivity index (χ2n) is 6.44. The van der Waals surface area contributed by atoms with Crippen molar-refractivity contribution in [2.24, 2.45) is 0 Å². The summed E-state index contributed by atoms with van der Waals surface area (Å²) >= 11 is 1.61. The first kappa shape index (κ1) is 19.0. The summed E-state index contributed by atoms with van der Waals surface area (Å²) in [5, 5.41) is 3.90. The van der Waals surface area contributed by atoms with Gasteiger partial charge in [-0.2, -0.15) is 0 Å². The van der Waals surface area contributed by atoms with Crippen molar-refractivity contribution in [3.05, 3.63) is 72.3 Å². The lowest BCUT2D eigenvalue weighted by Crippen LogP contribution is -2.15. The molecule has 146 valence electrons. The van der Waals surface area contributed by atoms with E-state index in [1.807, 2.05) is 60.7 Å². The molecule has 0 aliphatic rings. The summed E-state index contributed by atoms with van der Waals surface area (Å²) in [6.45, 7) is 0. The average molecular weight is 404 g/mol. The average Bonchev–Trinajstić information content (AvgIpc) is 3.18. The zero-order valence-electron chi connectivity index (χ0n) is 16.1. The van der Waals surface area contributed by atoms with E-state index in [4.69, 9.17) is 14.5 Å². The Balaban J connectivity index is 1.60. The molecule has 1 heterocycles. The molecule has 0 saturated carbocycles. The van der Waals surface area contributed by atoms with Gasteiger partial charge in [0.2, 0.25) is 5.91 Å². The predicted octanol–water partition coefficient (Wildman–Crippen LogP) is 5.16. The largest absolute Gasteiger partial charge is 0.497 e. The first-order chi connectivity index (χ1) is 14.2. The smallest absolute Gasteiger partial charge is 0.228 e. The predicted molar refractivity (Wildman–Crippen MR) is 117 cm³/mol. The van der Waals surface area contributed by atoms with E-state index in [0.29, 0.717) is 11.5 Å². The quantitative estimate of drug-likeness (QED) is 0.482. The monoisotopic (exact) mass is 404 g/mol. The van der Waals surface area contributed by atoms with E-state index in [9.17, 15) is 4.79 Å². The molecule has 0 atom stereocenters. The molecule has 0 aliphatic carbocycles. The molecule has 1 N–H and O–H groups in total. The number of methoxy groups -OCH3 is 2. The van der Waals surface area contributed by atoms with E-state index in [-0.39, 0.29) is 12.3 Å². The van der Waals surface area contributed by atoms with Crippen LogP contribution in [0.2, 0.25) is 0 Å². The summed E-state index contributed by atoms with van der Waals surface area (Å²) in [4.78, 5) is 17.5. The van der Waals surface area contributed by atoms with Crippen LogP contribution in [0.4, 0.5) is 5.69 Å². The highest BCUT2D eigenvalue weighted by atomic mass is 32.1. The number of nitrogens with one attached hydrogen (secondary N) is 1. The lowest BCUT2D eigenvalue weighted by atomic mass is 10.1. The summed E-state index contributed by atoms with van der Waals surface area (Å²) in [6, 6.07) is 21.2. The molecule has 5 nitrogen and oxygen atoms in total. The standard InChI is InChI=1S/C23H20N2O3S/c1-27-16-11-12-20(28-2)15(13-16)14-22(26)24-18-8-4-3-7-17(18)23-25-19-9-5-6-10-21(19)29-23/h3-13H,14H2,1-2H3,(H,24,26). The van der Waals surface area contributed by atoms with Crippen molar-refractivity contribution in [1.82, 2.24) is 4.98 Å². The topological polar surface area (TPSA) is 60.5 Å². The van der Waals surface area contributed by atoms with Gasteiger partial charge < -0.3 is 14.8 Å². The number of amides is 1. The first-order valence-corrected chi connectivity index (χ1v) is 9.95. The van der Waals surface area contributed by atoms with Crippen molar-refractivity contribution < 1.29 is 14.3 Å². The van der Waals surface area contributed by atoms with Gasteiger partial charge in [0.1, 0.15) is 16.5 Å². The minimum atomic E-state index is -0.134. The van der Waals surface area contributed by atoms with Gasteiger partial charge >= 0.3 is 0 Å². The molecule has 0 spiro atoms. The van der Waals surface area contributed by atoms with Crippen molar-refractivity contribution >= 4 is 33.1 Å². The number of hydrogen-bond donors (Lipinski definition) is 1. The van der Waals surface area contributed by atoms with E-state index in [0.717, 1.165) is 32.0 Å². The molecule has 0 fully saturated rings. The number of fused-ring (bicyclic) bond motifs is 1.